The van der Waals surface area contributed by atoms with E-state index in [-0.39, 0.29) is 0 Å². The normalized spacial score (nSPS) is 12.9. The standard InChI is InChI=1S/C12H14O2/c1-2-3-5-10-6-4-7-11-12(10)14-9-8-13-11/h4,6-9H,2-3,5H2,1H3. The van der Waals surface area contributed by atoms with E-state index in [2.05, 4.69) is 13.0 Å². The van der Waals surface area contributed by atoms with Gasteiger partial charge in [0.15, 0.2) is 11.5 Å². The molecule has 0 saturated heterocycles. The van der Waals surface area contributed by atoms with Gasteiger partial charge in [-0.3, -0.25) is 0 Å². The predicted octanol–water partition coefficient (Wildman–Crippen LogP) is 3.27. The largest absolute Gasteiger partial charge is 0.458 e. The van der Waals surface area contributed by atoms with Crippen molar-refractivity contribution in [2.45, 2.75) is 26.2 Å². The first-order valence-electron chi connectivity index (χ1n) is 5.02. The van der Waals surface area contributed by atoms with Crippen molar-refractivity contribution in [2.24, 2.45) is 0 Å². The van der Waals surface area contributed by atoms with Crippen LogP contribution in [0.5, 0.6) is 11.5 Å². The van der Waals surface area contributed by atoms with Crippen LogP contribution in [0.4, 0.5) is 0 Å². The van der Waals surface area contributed by atoms with E-state index in [4.69, 9.17) is 9.47 Å². The van der Waals surface area contributed by atoms with Crippen LogP contribution in [-0.2, 0) is 6.42 Å². The molecule has 2 rings (SSSR count). The molecule has 0 saturated carbocycles. The first-order chi connectivity index (χ1) is 6.92. The van der Waals surface area contributed by atoms with Gasteiger partial charge < -0.3 is 9.47 Å². The average Bonchev–Trinajstić information content (AvgIpc) is 2.26. The molecule has 1 aromatic carbocycles. The molecule has 1 heterocycles. The van der Waals surface area contributed by atoms with E-state index in [0.29, 0.717) is 0 Å². The maximum atomic E-state index is 5.45. The maximum absolute atomic E-state index is 5.45. The summed E-state index contributed by atoms with van der Waals surface area (Å²) in [4.78, 5) is 0. The predicted molar refractivity (Wildman–Crippen MR) is 55.5 cm³/mol. The van der Waals surface area contributed by atoms with Gasteiger partial charge in [-0.1, -0.05) is 25.5 Å². The summed E-state index contributed by atoms with van der Waals surface area (Å²) in [6.45, 7) is 2.19. The van der Waals surface area contributed by atoms with E-state index in [1.165, 1.54) is 18.4 Å². The smallest absolute Gasteiger partial charge is 0.172 e. The van der Waals surface area contributed by atoms with Crippen molar-refractivity contribution < 1.29 is 9.47 Å². The molecule has 2 heteroatoms. The van der Waals surface area contributed by atoms with Gasteiger partial charge in [-0.05, 0) is 24.5 Å². The first kappa shape index (κ1) is 9.13. The average molecular weight is 190 g/mol. The third-order valence-corrected chi connectivity index (χ3v) is 2.30. The highest BCUT2D eigenvalue weighted by Gasteiger charge is 2.12. The van der Waals surface area contributed by atoms with Crippen LogP contribution in [0.1, 0.15) is 25.3 Å². The van der Waals surface area contributed by atoms with E-state index in [1.54, 1.807) is 12.5 Å². The monoisotopic (exact) mass is 190 g/mol. The minimum Gasteiger partial charge on any atom is -0.458 e. The van der Waals surface area contributed by atoms with Gasteiger partial charge in [-0.15, -0.1) is 0 Å². The fourth-order valence-corrected chi connectivity index (χ4v) is 1.55. The van der Waals surface area contributed by atoms with Crippen molar-refractivity contribution in [1.82, 2.24) is 0 Å². The van der Waals surface area contributed by atoms with Crippen molar-refractivity contribution in [3.8, 4) is 11.5 Å². The lowest BCUT2D eigenvalue weighted by Gasteiger charge is -2.15. The Morgan fingerprint density at radius 1 is 1.14 bits per heavy atom. The van der Waals surface area contributed by atoms with Crippen LogP contribution in [0, 0.1) is 0 Å². The Morgan fingerprint density at radius 3 is 2.86 bits per heavy atom. The van der Waals surface area contributed by atoms with E-state index < -0.39 is 0 Å². The number of aryl methyl sites for hydroxylation is 1. The van der Waals surface area contributed by atoms with Gasteiger partial charge in [-0.2, -0.15) is 0 Å². The molecule has 0 radical (unpaired) electrons. The maximum Gasteiger partial charge on any atom is 0.172 e. The molecule has 0 aliphatic carbocycles. The Morgan fingerprint density at radius 2 is 2.00 bits per heavy atom. The van der Waals surface area contributed by atoms with Crippen LogP contribution in [0.25, 0.3) is 0 Å². The molecule has 0 atom stereocenters. The van der Waals surface area contributed by atoms with Crippen LogP contribution in [-0.4, -0.2) is 0 Å². The summed E-state index contributed by atoms with van der Waals surface area (Å²) in [7, 11) is 0. The van der Waals surface area contributed by atoms with Gasteiger partial charge >= 0.3 is 0 Å². The molecule has 1 aromatic rings. The van der Waals surface area contributed by atoms with Gasteiger partial charge in [0.1, 0.15) is 12.5 Å². The van der Waals surface area contributed by atoms with Crippen molar-refractivity contribution in [1.29, 1.82) is 0 Å². The minimum atomic E-state index is 0.820. The third-order valence-electron chi connectivity index (χ3n) is 2.30. The molecule has 0 aromatic heterocycles. The summed E-state index contributed by atoms with van der Waals surface area (Å²) in [5, 5.41) is 0. The lowest BCUT2D eigenvalue weighted by molar-refractivity contribution is 0.358. The number of unbranched alkanes of at least 4 members (excludes halogenated alkanes) is 1. The summed E-state index contributed by atoms with van der Waals surface area (Å²) >= 11 is 0. The minimum absolute atomic E-state index is 0.820. The van der Waals surface area contributed by atoms with E-state index in [0.717, 1.165) is 17.9 Å². The molecule has 0 bridgehead atoms. The molecule has 0 N–H and O–H groups in total. The fourth-order valence-electron chi connectivity index (χ4n) is 1.55. The molecule has 2 nitrogen and oxygen atoms in total. The number of hydrogen-bond donors (Lipinski definition) is 0. The van der Waals surface area contributed by atoms with Crippen LogP contribution in [0.2, 0.25) is 0 Å². The van der Waals surface area contributed by atoms with Gasteiger partial charge in [0.2, 0.25) is 0 Å². The molecule has 0 unspecified atom stereocenters. The molecule has 74 valence electrons. The summed E-state index contributed by atoms with van der Waals surface area (Å²) in [5.74, 6) is 1.70. The van der Waals surface area contributed by atoms with Crippen molar-refractivity contribution in [3.63, 3.8) is 0 Å². The molecular weight excluding hydrogens is 176 g/mol. The summed E-state index contributed by atoms with van der Waals surface area (Å²) in [5.41, 5.74) is 1.23. The van der Waals surface area contributed by atoms with Crippen LogP contribution >= 0.6 is 0 Å². The Balaban J connectivity index is 2.24. The van der Waals surface area contributed by atoms with Gasteiger partial charge in [0.05, 0.1) is 0 Å². The number of rotatable bonds is 3. The molecule has 1 aliphatic rings. The molecular formula is C12H14O2. The topological polar surface area (TPSA) is 18.5 Å². The Hall–Kier alpha value is -1.44. The second-order valence-electron chi connectivity index (χ2n) is 3.36. The van der Waals surface area contributed by atoms with Gasteiger partial charge in [0, 0.05) is 0 Å². The second kappa shape index (κ2) is 4.18. The third kappa shape index (κ3) is 1.74. The summed E-state index contributed by atoms with van der Waals surface area (Å²) in [6.07, 6.45) is 6.57. The SMILES string of the molecule is CCCCc1cccc2c1OC=CO2. The van der Waals surface area contributed by atoms with Crippen LogP contribution in [0.3, 0.4) is 0 Å². The zero-order chi connectivity index (χ0) is 9.80. The Labute approximate surface area is 84.2 Å². The summed E-state index contributed by atoms with van der Waals surface area (Å²) in [6, 6.07) is 6.03. The van der Waals surface area contributed by atoms with Crippen molar-refractivity contribution in [2.75, 3.05) is 0 Å². The fraction of sp³-hybridized carbons (Fsp3) is 0.333. The zero-order valence-electron chi connectivity index (χ0n) is 8.32. The number of benzene rings is 1. The highest BCUT2D eigenvalue weighted by atomic mass is 16.5. The number of ether oxygens (including phenoxy) is 2. The number of para-hydroxylation sites is 1. The van der Waals surface area contributed by atoms with Crippen molar-refractivity contribution >= 4 is 0 Å². The van der Waals surface area contributed by atoms with Gasteiger partial charge in [-0.25, -0.2) is 0 Å². The Bertz CT molecular complexity index is 342. The molecule has 14 heavy (non-hydrogen) atoms. The number of hydrogen-bond acceptors (Lipinski definition) is 2. The van der Waals surface area contributed by atoms with Crippen LogP contribution < -0.4 is 9.47 Å². The lowest BCUT2D eigenvalue weighted by Crippen LogP contribution is -1.99. The lowest BCUT2D eigenvalue weighted by atomic mass is 10.1. The second-order valence-corrected chi connectivity index (χ2v) is 3.36. The molecule has 0 amide bonds. The highest BCUT2D eigenvalue weighted by Crippen LogP contribution is 2.34. The van der Waals surface area contributed by atoms with Gasteiger partial charge in [0.25, 0.3) is 0 Å². The van der Waals surface area contributed by atoms with Crippen molar-refractivity contribution in [3.05, 3.63) is 36.3 Å². The molecule has 0 fully saturated rings. The molecule has 0 spiro atoms. The van der Waals surface area contributed by atoms with E-state index in [9.17, 15) is 0 Å². The summed E-state index contributed by atoms with van der Waals surface area (Å²) < 4.78 is 10.8. The highest BCUT2D eigenvalue weighted by molar-refractivity contribution is 5.48. The van der Waals surface area contributed by atoms with E-state index >= 15 is 0 Å². The van der Waals surface area contributed by atoms with E-state index in [1.807, 2.05) is 12.1 Å². The zero-order valence-corrected chi connectivity index (χ0v) is 8.32. The molecule has 1 aliphatic heterocycles. The number of fused-ring (bicyclic) bond motifs is 1. The first-order valence-corrected chi connectivity index (χ1v) is 5.02. The Kier molecular flexibility index (Phi) is 2.73. The quantitative estimate of drug-likeness (QED) is 0.728. The van der Waals surface area contributed by atoms with Crippen LogP contribution in [0.15, 0.2) is 30.7 Å².